The van der Waals surface area contributed by atoms with Gasteiger partial charge in [-0.3, -0.25) is 38.4 Å². The van der Waals surface area contributed by atoms with Crippen LogP contribution >= 0.6 is 0 Å². The number of rotatable bonds is 33. The van der Waals surface area contributed by atoms with E-state index in [9.17, 15) is 58.5 Å². The van der Waals surface area contributed by atoms with Crippen LogP contribution in [0.25, 0.3) is 0 Å². The number of nitrogens with two attached hydrogens (primary N) is 3. The molecule has 0 heterocycles. The summed E-state index contributed by atoms with van der Waals surface area (Å²) >= 11 is 0. The molecule has 0 rings (SSSR count). The maximum absolute atomic E-state index is 13.9. The smallest absolute Gasteiger partial charge is 0.326 e. The molecular weight excluding hydrogens is 798 g/mol. The number of nitrogens with one attached hydrogen (secondary N) is 6. The molecule has 0 spiro atoms. The lowest BCUT2D eigenvalue weighted by Gasteiger charge is -2.28. The standard InChI is InChI=1S/C40H73N9O12/c1-22(2)19-25(43)34(54)44-28(13-15-32(50)51)37(57)45-26(11-7-9-17-41)35(55)48-30(20-23(3)4)39(59)47-29(14-16-33(52)53)38(58)46-27(12-8-10-18-42)36(56)49-31(40(60)61)21-24(5)6/h22-31H,7-21,41-43H2,1-6H3,(H,44,54)(H,45,57)(H,46,58)(H,47,59)(H,48,55)(H,49,56)(H,50,51)(H,52,53)(H,60,61)/t25-,26-,27-,28-,29-,30-,31-/m0/s1. The molecule has 350 valence electrons. The van der Waals surface area contributed by atoms with Crippen molar-refractivity contribution in [1.29, 1.82) is 0 Å². The third-order valence-corrected chi connectivity index (χ3v) is 9.44. The predicted molar refractivity (Wildman–Crippen MR) is 225 cm³/mol. The predicted octanol–water partition coefficient (Wildman–Crippen LogP) is -0.567. The van der Waals surface area contributed by atoms with Crippen LogP contribution in [0.1, 0.15) is 125 Å². The largest absolute Gasteiger partial charge is 0.481 e. The lowest BCUT2D eigenvalue weighted by Crippen LogP contribution is -2.60. The first-order valence-electron chi connectivity index (χ1n) is 21.2. The van der Waals surface area contributed by atoms with Gasteiger partial charge in [0.2, 0.25) is 35.4 Å². The summed E-state index contributed by atoms with van der Waals surface area (Å²) in [7, 11) is 0. The second-order valence-electron chi connectivity index (χ2n) is 16.6. The van der Waals surface area contributed by atoms with E-state index in [1.165, 1.54) is 0 Å². The highest BCUT2D eigenvalue weighted by molar-refractivity contribution is 5.97. The number of aliphatic carboxylic acids is 3. The molecule has 0 saturated heterocycles. The average Bonchev–Trinajstić information content (AvgIpc) is 3.15. The van der Waals surface area contributed by atoms with Crippen molar-refractivity contribution in [2.75, 3.05) is 13.1 Å². The van der Waals surface area contributed by atoms with Gasteiger partial charge in [0.1, 0.15) is 36.3 Å². The number of carbonyl (C=O) groups excluding carboxylic acids is 6. The molecule has 0 radical (unpaired) electrons. The quantitative estimate of drug-likeness (QED) is 0.0368. The number of hydrogen-bond donors (Lipinski definition) is 12. The van der Waals surface area contributed by atoms with Crippen LogP contribution in [0.3, 0.4) is 0 Å². The molecular formula is C40H73N9O12. The molecule has 0 aliphatic rings. The zero-order valence-corrected chi connectivity index (χ0v) is 36.6. The Hall–Kier alpha value is -4.89. The first-order valence-corrected chi connectivity index (χ1v) is 21.2. The fourth-order valence-corrected chi connectivity index (χ4v) is 6.25. The van der Waals surface area contributed by atoms with Gasteiger partial charge in [0.25, 0.3) is 0 Å². The third-order valence-electron chi connectivity index (χ3n) is 9.44. The molecule has 0 aliphatic heterocycles. The third kappa shape index (κ3) is 24.8. The lowest BCUT2D eigenvalue weighted by molar-refractivity contribution is -0.143. The van der Waals surface area contributed by atoms with Gasteiger partial charge in [-0.05, 0) is 101 Å². The summed E-state index contributed by atoms with van der Waals surface area (Å²) in [5.74, 6) is -9.02. The summed E-state index contributed by atoms with van der Waals surface area (Å²) in [6.07, 6.45) is 0.364. The molecule has 21 nitrogen and oxygen atoms in total. The SMILES string of the molecule is CC(C)C[C@H](NC(=O)[C@H](CCCCN)NC(=O)[C@H](CCC(=O)O)NC(=O)[C@H](CC(C)C)NC(=O)[C@H](CCCCN)NC(=O)[C@H](CCC(=O)O)NC(=O)[C@@H](N)CC(C)C)C(=O)O. The van der Waals surface area contributed by atoms with Crippen molar-refractivity contribution >= 4 is 53.4 Å². The minimum absolute atomic E-state index is 0.0237. The van der Waals surface area contributed by atoms with Crippen LogP contribution in [-0.4, -0.2) is 124 Å². The molecule has 7 atom stereocenters. The van der Waals surface area contributed by atoms with Crippen LogP contribution in [0.15, 0.2) is 0 Å². The molecule has 15 N–H and O–H groups in total. The number of carboxylic acid groups (broad SMARTS) is 3. The van der Waals surface area contributed by atoms with Crippen LogP contribution in [0.4, 0.5) is 0 Å². The molecule has 0 aromatic heterocycles. The fraction of sp³-hybridized carbons (Fsp3) is 0.775. The van der Waals surface area contributed by atoms with Gasteiger partial charge >= 0.3 is 17.9 Å². The van der Waals surface area contributed by atoms with Crippen LogP contribution in [0, 0.1) is 17.8 Å². The maximum atomic E-state index is 13.9. The van der Waals surface area contributed by atoms with Gasteiger partial charge in [0.15, 0.2) is 0 Å². The molecule has 0 aromatic rings. The number of unbranched alkanes of at least 4 members (excludes halogenated alkanes) is 2. The Balaban J connectivity index is 6.53. The fourth-order valence-electron chi connectivity index (χ4n) is 6.25. The summed E-state index contributed by atoms with van der Waals surface area (Å²) in [6, 6.07) is -9.02. The first kappa shape index (κ1) is 56.1. The van der Waals surface area contributed by atoms with Crippen molar-refractivity contribution in [3.8, 4) is 0 Å². The van der Waals surface area contributed by atoms with E-state index >= 15 is 0 Å². The van der Waals surface area contributed by atoms with Crippen molar-refractivity contribution in [3.05, 3.63) is 0 Å². The van der Waals surface area contributed by atoms with E-state index in [2.05, 4.69) is 31.9 Å². The second kappa shape index (κ2) is 30.2. The van der Waals surface area contributed by atoms with Crippen molar-refractivity contribution in [2.24, 2.45) is 35.0 Å². The molecule has 61 heavy (non-hydrogen) atoms. The minimum Gasteiger partial charge on any atom is -0.481 e. The molecule has 0 aromatic carbocycles. The Labute approximate surface area is 358 Å². The van der Waals surface area contributed by atoms with Crippen molar-refractivity contribution in [3.63, 3.8) is 0 Å². The summed E-state index contributed by atoms with van der Waals surface area (Å²) < 4.78 is 0. The zero-order chi connectivity index (χ0) is 46.8. The maximum Gasteiger partial charge on any atom is 0.326 e. The van der Waals surface area contributed by atoms with Crippen molar-refractivity contribution in [2.45, 2.75) is 167 Å². The van der Waals surface area contributed by atoms with E-state index in [1.54, 1.807) is 27.7 Å². The topological polar surface area (TPSA) is 365 Å². The number of carboxylic acids is 3. The van der Waals surface area contributed by atoms with E-state index in [0.29, 0.717) is 25.7 Å². The van der Waals surface area contributed by atoms with Gasteiger partial charge < -0.3 is 64.4 Å². The number of amides is 6. The summed E-state index contributed by atoms with van der Waals surface area (Å²) in [4.78, 5) is 116. The van der Waals surface area contributed by atoms with Crippen molar-refractivity contribution in [1.82, 2.24) is 31.9 Å². The van der Waals surface area contributed by atoms with Crippen LogP contribution in [0.2, 0.25) is 0 Å². The highest BCUT2D eigenvalue weighted by atomic mass is 16.4. The van der Waals surface area contributed by atoms with E-state index in [1.807, 2.05) is 13.8 Å². The zero-order valence-electron chi connectivity index (χ0n) is 36.6. The van der Waals surface area contributed by atoms with Gasteiger partial charge in [-0.2, -0.15) is 0 Å². The number of carbonyl (C=O) groups is 9. The normalized spacial score (nSPS) is 14.8. The molecule has 0 saturated carbocycles. The van der Waals surface area contributed by atoms with Crippen LogP contribution in [-0.2, 0) is 43.2 Å². The summed E-state index contributed by atoms with van der Waals surface area (Å²) in [5, 5.41) is 43.6. The Morgan fingerprint density at radius 2 is 0.705 bits per heavy atom. The monoisotopic (exact) mass is 872 g/mol. The molecule has 0 unspecified atom stereocenters. The lowest BCUT2D eigenvalue weighted by atomic mass is 10.00. The highest BCUT2D eigenvalue weighted by Gasteiger charge is 2.34. The van der Waals surface area contributed by atoms with Crippen LogP contribution in [0.5, 0.6) is 0 Å². The Bertz CT molecular complexity index is 1450. The Morgan fingerprint density at radius 1 is 0.410 bits per heavy atom. The first-order chi connectivity index (χ1) is 28.5. The van der Waals surface area contributed by atoms with Gasteiger partial charge in [-0.1, -0.05) is 41.5 Å². The number of hydrogen-bond acceptors (Lipinski definition) is 12. The van der Waals surface area contributed by atoms with Gasteiger partial charge in [-0.25, -0.2) is 4.79 Å². The average molecular weight is 872 g/mol. The van der Waals surface area contributed by atoms with Gasteiger partial charge in [0, 0.05) is 12.8 Å². The van der Waals surface area contributed by atoms with Crippen molar-refractivity contribution < 1.29 is 58.5 Å². The molecule has 6 amide bonds. The van der Waals surface area contributed by atoms with Crippen LogP contribution < -0.4 is 49.1 Å². The van der Waals surface area contributed by atoms with Gasteiger partial charge in [-0.15, -0.1) is 0 Å². The Morgan fingerprint density at radius 3 is 1.03 bits per heavy atom. The van der Waals surface area contributed by atoms with E-state index in [4.69, 9.17) is 17.2 Å². The highest BCUT2D eigenvalue weighted by Crippen LogP contribution is 2.12. The second-order valence-corrected chi connectivity index (χ2v) is 16.6. The minimum atomic E-state index is -1.52. The molecule has 0 fully saturated rings. The molecule has 21 heteroatoms. The molecule has 0 aliphatic carbocycles. The Kier molecular flexibility index (Phi) is 27.8. The molecule has 0 bridgehead atoms. The summed E-state index contributed by atoms with van der Waals surface area (Å²) in [5.41, 5.74) is 17.3. The van der Waals surface area contributed by atoms with E-state index in [0.717, 1.165) is 0 Å². The summed E-state index contributed by atoms with van der Waals surface area (Å²) in [6.45, 7) is 11.3. The van der Waals surface area contributed by atoms with E-state index < -0.39 is 115 Å². The van der Waals surface area contributed by atoms with E-state index in [-0.39, 0.29) is 69.4 Å². The van der Waals surface area contributed by atoms with Gasteiger partial charge in [0.05, 0.1) is 6.04 Å².